The largest absolute Gasteiger partial charge is 0.448 e. The number of alkyl halides is 3. The molecule has 1 N–H and O–H groups in total. The lowest BCUT2D eigenvalue weighted by Gasteiger charge is -2.28. The van der Waals surface area contributed by atoms with Gasteiger partial charge in [-0.1, -0.05) is 48.5 Å². The molecule has 7 heteroatoms. The van der Waals surface area contributed by atoms with Gasteiger partial charge in [0.2, 0.25) is 0 Å². The molecule has 4 atom stereocenters. The minimum absolute atomic E-state index is 0.0646. The maximum Gasteiger partial charge on any atom is 0.410 e. The van der Waals surface area contributed by atoms with Gasteiger partial charge >= 0.3 is 12.3 Å². The van der Waals surface area contributed by atoms with Crippen LogP contribution in [0.25, 0.3) is 11.1 Å². The summed E-state index contributed by atoms with van der Waals surface area (Å²) in [6.45, 7) is 0.133. The highest BCUT2D eigenvalue weighted by Gasteiger charge is 2.52. The normalized spacial score (nSPS) is 27.5. The quantitative estimate of drug-likeness (QED) is 0.720. The number of carbonyl (C=O) groups is 1. The van der Waals surface area contributed by atoms with Crippen molar-refractivity contribution in [3.8, 4) is 11.1 Å². The van der Waals surface area contributed by atoms with Crippen LogP contribution in [0.15, 0.2) is 48.5 Å². The first-order chi connectivity index (χ1) is 14.8. The summed E-state index contributed by atoms with van der Waals surface area (Å²) in [5.74, 6) is -1.90. The van der Waals surface area contributed by atoms with Gasteiger partial charge in [0.15, 0.2) is 0 Å². The van der Waals surface area contributed by atoms with Crippen LogP contribution < -0.4 is 0 Å². The topological polar surface area (TPSA) is 49.8 Å². The molecular weight excluding hydrogens is 407 g/mol. The minimum atomic E-state index is -4.48. The SMILES string of the molecule is O=C(OCC1c2ccccc2-c2ccccc21)N1C2CCC1CC(C(F)(F)F)C(O)C2. The summed E-state index contributed by atoms with van der Waals surface area (Å²) >= 11 is 0. The maximum absolute atomic E-state index is 13.4. The van der Waals surface area contributed by atoms with Gasteiger partial charge in [-0.2, -0.15) is 13.2 Å². The number of amides is 1. The molecule has 2 fully saturated rings. The molecule has 2 aromatic rings. The second-order valence-electron chi connectivity index (χ2n) is 8.78. The molecule has 164 valence electrons. The van der Waals surface area contributed by atoms with E-state index < -0.39 is 36.4 Å². The fourth-order valence-corrected chi connectivity index (χ4v) is 5.64. The molecule has 2 heterocycles. The first-order valence-corrected chi connectivity index (χ1v) is 10.7. The molecule has 2 aromatic carbocycles. The number of hydrogen-bond donors (Lipinski definition) is 1. The number of rotatable bonds is 2. The van der Waals surface area contributed by atoms with Crippen LogP contribution in [0.5, 0.6) is 0 Å². The number of halogens is 3. The van der Waals surface area contributed by atoms with Crippen LogP contribution in [0.1, 0.15) is 42.7 Å². The number of hydrogen-bond acceptors (Lipinski definition) is 3. The Morgan fingerprint density at radius 3 is 2.10 bits per heavy atom. The third kappa shape index (κ3) is 3.49. The van der Waals surface area contributed by atoms with Gasteiger partial charge in [-0.05, 0) is 47.9 Å². The number of nitrogens with zero attached hydrogens (tertiary/aromatic N) is 1. The predicted molar refractivity (Wildman–Crippen MR) is 109 cm³/mol. The zero-order valence-electron chi connectivity index (χ0n) is 16.9. The van der Waals surface area contributed by atoms with Crippen molar-refractivity contribution in [1.29, 1.82) is 0 Å². The van der Waals surface area contributed by atoms with E-state index in [0.717, 1.165) is 22.3 Å². The molecular formula is C24H24F3NO3. The lowest BCUT2D eigenvalue weighted by molar-refractivity contribution is -0.202. The molecule has 2 aliphatic heterocycles. The van der Waals surface area contributed by atoms with Gasteiger partial charge in [0.05, 0.1) is 12.0 Å². The monoisotopic (exact) mass is 431 g/mol. The summed E-state index contributed by atoms with van der Waals surface area (Å²) in [7, 11) is 0. The summed E-state index contributed by atoms with van der Waals surface area (Å²) in [5, 5.41) is 10.1. The highest BCUT2D eigenvalue weighted by atomic mass is 19.4. The Kier molecular flexibility index (Phi) is 4.96. The molecule has 31 heavy (non-hydrogen) atoms. The number of aliphatic hydroxyl groups is 1. The van der Waals surface area contributed by atoms with E-state index in [1.807, 2.05) is 48.5 Å². The van der Waals surface area contributed by atoms with Crippen LogP contribution >= 0.6 is 0 Å². The van der Waals surface area contributed by atoms with Crippen LogP contribution in [0.2, 0.25) is 0 Å². The van der Waals surface area contributed by atoms with Crippen LogP contribution in [-0.2, 0) is 4.74 Å². The Balaban J connectivity index is 1.34. The van der Waals surface area contributed by atoms with Gasteiger partial charge in [-0.15, -0.1) is 0 Å². The first kappa shape index (κ1) is 20.4. The molecule has 0 spiro atoms. The smallest absolute Gasteiger partial charge is 0.410 e. The molecule has 0 saturated carbocycles. The molecule has 3 aliphatic rings. The Hall–Kier alpha value is -2.54. The first-order valence-electron chi connectivity index (χ1n) is 10.7. The van der Waals surface area contributed by atoms with Gasteiger partial charge < -0.3 is 14.7 Å². The average Bonchev–Trinajstić information content (AvgIpc) is 3.22. The number of ether oxygens (including phenoxy) is 1. The van der Waals surface area contributed by atoms with E-state index in [1.165, 1.54) is 4.90 Å². The Morgan fingerprint density at radius 2 is 1.52 bits per heavy atom. The zero-order chi connectivity index (χ0) is 21.8. The lowest BCUT2D eigenvalue weighted by Crippen LogP contribution is -2.41. The van der Waals surface area contributed by atoms with Crippen molar-refractivity contribution in [2.24, 2.45) is 5.92 Å². The molecule has 5 rings (SSSR count). The standard InChI is InChI=1S/C24H24F3NO3/c25-24(26,27)21-11-14-9-10-15(12-22(21)29)28(14)23(30)31-13-20-18-7-3-1-5-16(18)17-6-2-4-8-19(17)20/h1-8,14-15,20-22,29H,9-13H2. The Morgan fingerprint density at radius 1 is 0.968 bits per heavy atom. The average molecular weight is 431 g/mol. The van der Waals surface area contributed by atoms with Crippen LogP contribution in [-0.4, -0.2) is 47.1 Å². The van der Waals surface area contributed by atoms with Crippen molar-refractivity contribution in [2.75, 3.05) is 6.61 Å². The molecule has 2 bridgehead atoms. The fraction of sp³-hybridized carbons (Fsp3) is 0.458. The van der Waals surface area contributed by atoms with E-state index in [-0.39, 0.29) is 25.4 Å². The molecule has 0 radical (unpaired) electrons. The molecule has 1 aliphatic carbocycles. The summed E-state index contributed by atoms with van der Waals surface area (Å²) in [6, 6.07) is 15.0. The van der Waals surface area contributed by atoms with Gasteiger partial charge in [-0.3, -0.25) is 0 Å². The molecule has 4 nitrogen and oxygen atoms in total. The Labute approximate surface area is 178 Å². The predicted octanol–water partition coefficient (Wildman–Crippen LogP) is 5.10. The van der Waals surface area contributed by atoms with E-state index in [2.05, 4.69) is 0 Å². The summed E-state index contributed by atoms with van der Waals surface area (Å²) < 4.78 is 45.8. The summed E-state index contributed by atoms with van der Waals surface area (Å²) in [4.78, 5) is 14.5. The van der Waals surface area contributed by atoms with Crippen LogP contribution in [0, 0.1) is 5.92 Å². The van der Waals surface area contributed by atoms with Crippen molar-refractivity contribution in [1.82, 2.24) is 4.90 Å². The number of fused-ring (bicyclic) bond motifs is 5. The van der Waals surface area contributed by atoms with Crippen molar-refractivity contribution in [3.63, 3.8) is 0 Å². The van der Waals surface area contributed by atoms with Gasteiger partial charge in [0, 0.05) is 18.0 Å². The molecule has 4 unspecified atom stereocenters. The molecule has 1 amide bonds. The molecule has 2 saturated heterocycles. The highest BCUT2D eigenvalue weighted by Crippen LogP contribution is 2.46. The van der Waals surface area contributed by atoms with Crippen molar-refractivity contribution in [2.45, 2.75) is 56.0 Å². The fourth-order valence-electron chi connectivity index (χ4n) is 5.64. The second kappa shape index (κ2) is 7.55. The highest BCUT2D eigenvalue weighted by molar-refractivity contribution is 5.79. The van der Waals surface area contributed by atoms with Crippen molar-refractivity contribution in [3.05, 3.63) is 59.7 Å². The van der Waals surface area contributed by atoms with Gasteiger partial charge in [0.1, 0.15) is 6.61 Å². The van der Waals surface area contributed by atoms with E-state index >= 15 is 0 Å². The van der Waals surface area contributed by atoms with Gasteiger partial charge in [0.25, 0.3) is 0 Å². The number of benzene rings is 2. The summed E-state index contributed by atoms with van der Waals surface area (Å²) in [6.07, 6.45) is -5.78. The third-order valence-electron chi connectivity index (χ3n) is 7.09. The van der Waals surface area contributed by atoms with Crippen molar-refractivity contribution < 1.29 is 27.8 Å². The second-order valence-corrected chi connectivity index (χ2v) is 8.78. The number of carbonyl (C=O) groups excluding carboxylic acids is 1. The van der Waals surface area contributed by atoms with E-state index in [4.69, 9.17) is 4.74 Å². The Bertz CT molecular complexity index is 947. The van der Waals surface area contributed by atoms with Gasteiger partial charge in [-0.25, -0.2) is 4.79 Å². The van der Waals surface area contributed by atoms with Crippen molar-refractivity contribution >= 4 is 6.09 Å². The minimum Gasteiger partial charge on any atom is -0.448 e. The van der Waals surface area contributed by atoms with E-state index in [1.54, 1.807) is 0 Å². The maximum atomic E-state index is 13.4. The zero-order valence-corrected chi connectivity index (χ0v) is 16.9. The molecule has 0 aromatic heterocycles. The van der Waals surface area contributed by atoms with E-state index in [9.17, 15) is 23.1 Å². The van der Waals surface area contributed by atoms with E-state index in [0.29, 0.717) is 12.8 Å². The lowest BCUT2D eigenvalue weighted by atomic mass is 9.88. The van der Waals surface area contributed by atoms with Crippen LogP contribution in [0.3, 0.4) is 0 Å². The third-order valence-corrected chi connectivity index (χ3v) is 7.09. The number of aliphatic hydroxyl groups excluding tert-OH is 1. The van der Waals surface area contributed by atoms with Crippen LogP contribution in [0.4, 0.5) is 18.0 Å². The summed E-state index contributed by atoms with van der Waals surface area (Å²) in [5.41, 5.74) is 4.40.